The van der Waals surface area contributed by atoms with Gasteiger partial charge in [-0.2, -0.15) is 5.26 Å². The van der Waals surface area contributed by atoms with Gasteiger partial charge in [0.05, 0.1) is 22.6 Å². The topological polar surface area (TPSA) is 128 Å². The maximum atomic E-state index is 12.0. The molecule has 1 fully saturated rings. The molecule has 4 atom stereocenters. The summed E-state index contributed by atoms with van der Waals surface area (Å²) in [6.45, 7) is 10.3. The van der Waals surface area contributed by atoms with Gasteiger partial charge in [0.25, 0.3) is 0 Å². The lowest BCUT2D eigenvalue weighted by molar-refractivity contribution is -0.145. The Bertz CT molecular complexity index is 2230. The van der Waals surface area contributed by atoms with E-state index in [4.69, 9.17) is 21.1 Å². The number of hydrogen-bond donors (Lipinski definition) is 3. The van der Waals surface area contributed by atoms with Crippen LogP contribution in [0.25, 0.3) is 5.57 Å². The summed E-state index contributed by atoms with van der Waals surface area (Å²) in [5.41, 5.74) is 7.19. The van der Waals surface area contributed by atoms with Crippen molar-refractivity contribution >= 4 is 23.1 Å². The molecule has 2 heterocycles. The zero-order valence-corrected chi connectivity index (χ0v) is 33.1. The van der Waals surface area contributed by atoms with Gasteiger partial charge >= 0.3 is 5.97 Å². The lowest BCUT2D eigenvalue weighted by Gasteiger charge is -2.42. The van der Waals surface area contributed by atoms with E-state index in [0.717, 1.165) is 31.8 Å². The van der Waals surface area contributed by atoms with Gasteiger partial charge in [-0.25, -0.2) is 0 Å². The molecule has 7 rings (SSSR count). The third kappa shape index (κ3) is 7.72. The van der Waals surface area contributed by atoms with Crippen LogP contribution in [0.1, 0.15) is 77.7 Å². The molecular weight excluding hydrogens is 724 g/mol. The Morgan fingerprint density at radius 3 is 2.64 bits per heavy atom. The molecule has 290 valence electrons. The maximum Gasteiger partial charge on any atom is 0.326 e. The fourth-order valence-corrected chi connectivity index (χ4v) is 8.65. The third-order valence-corrected chi connectivity index (χ3v) is 12.3. The first-order chi connectivity index (χ1) is 26.9. The van der Waals surface area contributed by atoms with E-state index in [2.05, 4.69) is 103 Å². The van der Waals surface area contributed by atoms with Crippen molar-refractivity contribution in [3.63, 3.8) is 0 Å². The first-order valence-corrected chi connectivity index (χ1v) is 19.7. The van der Waals surface area contributed by atoms with E-state index < -0.39 is 23.5 Å². The number of nitriles is 1. The number of carboxylic acids is 1. The minimum absolute atomic E-state index is 0.0325. The molecule has 0 radical (unpaired) electrons. The summed E-state index contributed by atoms with van der Waals surface area (Å²) in [6.07, 6.45) is 11.9. The molecule has 3 N–H and O–H groups in total. The van der Waals surface area contributed by atoms with Gasteiger partial charge in [0.15, 0.2) is 0 Å². The minimum Gasteiger partial charge on any atom is -0.491 e. The number of nitrogens with zero attached hydrogens (tertiary/aromatic N) is 3. The van der Waals surface area contributed by atoms with Gasteiger partial charge in [-0.15, -0.1) is 0 Å². The van der Waals surface area contributed by atoms with Gasteiger partial charge in [0.2, 0.25) is 0 Å². The number of aliphatic carboxylic acids is 1. The van der Waals surface area contributed by atoms with Gasteiger partial charge in [-0.1, -0.05) is 86.1 Å². The highest BCUT2D eigenvalue weighted by Crippen LogP contribution is 2.48. The van der Waals surface area contributed by atoms with Gasteiger partial charge in [0.1, 0.15) is 36.3 Å². The number of carbonyl (C=O) groups is 1. The second-order valence-corrected chi connectivity index (χ2v) is 16.3. The zero-order valence-electron chi connectivity index (χ0n) is 32.4. The second-order valence-electron chi connectivity index (χ2n) is 15.9. The van der Waals surface area contributed by atoms with Crippen LogP contribution in [0.4, 0.5) is 0 Å². The zero-order chi connectivity index (χ0) is 39.6. The summed E-state index contributed by atoms with van der Waals surface area (Å²) >= 11 is 6.99. The standard InChI is InChI=1S/C46H49ClN4O5/c1-29-24-51(25-29)41-14-11-34-17-36(12-13-39(34)41)46(15-7-10-38(31(46)3)37-9-6-5-8-30(37)2)28-56-43-19-42(55-26-33-16-32(20-48)21-49-22-33)35(18-40(43)47)23-50-45(4,27-52)44(53)54/h5-10,12-13,15-19,21-22,29,31,41,50,52H,11,14,23-28H2,1-4H3,(H,53,54). The highest BCUT2D eigenvalue weighted by molar-refractivity contribution is 6.32. The molecule has 9 nitrogen and oxygen atoms in total. The molecule has 0 saturated carbocycles. The number of ether oxygens (including phenoxy) is 2. The Labute approximate surface area is 334 Å². The largest absolute Gasteiger partial charge is 0.491 e. The smallest absolute Gasteiger partial charge is 0.326 e. The van der Waals surface area contributed by atoms with Crippen LogP contribution in [0.2, 0.25) is 5.02 Å². The van der Waals surface area contributed by atoms with E-state index >= 15 is 0 Å². The summed E-state index contributed by atoms with van der Waals surface area (Å²) in [5, 5.41) is 32.4. The Morgan fingerprint density at radius 1 is 1.11 bits per heavy atom. The van der Waals surface area contributed by atoms with Crippen LogP contribution >= 0.6 is 11.6 Å². The second kappa shape index (κ2) is 16.2. The molecule has 3 aliphatic rings. The Balaban J connectivity index is 1.23. The van der Waals surface area contributed by atoms with Crippen molar-refractivity contribution in [1.29, 1.82) is 5.26 Å². The molecule has 0 spiro atoms. The molecule has 1 saturated heterocycles. The number of rotatable bonds is 14. The average Bonchev–Trinajstić information content (AvgIpc) is 3.61. The van der Waals surface area contributed by atoms with Crippen molar-refractivity contribution in [3.05, 3.63) is 141 Å². The maximum absolute atomic E-state index is 12.0. The number of aryl methyl sites for hydroxylation is 2. The molecule has 56 heavy (non-hydrogen) atoms. The summed E-state index contributed by atoms with van der Waals surface area (Å²) in [7, 11) is 0. The quantitative estimate of drug-likeness (QED) is 0.117. The van der Waals surface area contributed by atoms with Crippen LogP contribution in [0.3, 0.4) is 0 Å². The Hall–Kier alpha value is -4.98. The van der Waals surface area contributed by atoms with Crippen molar-refractivity contribution < 1.29 is 24.5 Å². The van der Waals surface area contributed by atoms with Crippen molar-refractivity contribution in [1.82, 2.24) is 15.2 Å². The van der Waals surface area contributed by atoms with Crippen LogP contribution in [-0.4, -0.2) is 57.9 Å². The number of nitrogens with one attached hydrogen (secondary N) is 1. The molecular formula is C46H49ClN4O5. The number of benzene rings is 3. The fourth-order valence-electron chi connectivity index (χ4n) is 8.41. The number of carboxylic acid groups (broad SMARTS) is 1. The monoisotopic (exact) mass is 772 g/mol. The van der Waals surface area contributed by atoms with E-state index in [0.29, 0.717) is 39.3 Å². The number of likely N-dealkylation sites (tertiary alicyclic amines) is 1. The number of allylic oxidation sites excluding steroid dienone is 3. The van der Waals surface area contributed by atoms with Crippen molar-refractivity contribution in [3.8, 4) is 17.6 Å². The molecule has 1 aromatic heterocycles. The third-order valence-electron chi connectivity index (χ3n) is 12.0. The predicted molar refractivity (Wildman–Crippen MR) is 218 cm³/mol. The summed E-state index contributed by atoms with van der Waals surface area (Å²) in [6, 6.07) is 23.2. The number of aromatic nitrogens is 1. The Kier molecular flexibility index (Phi) is 11.4. The molecule has 0 bridgehead atoms. The minimum atomic E-state index is -1.59. The van der Waals surface area contributed by atoms with Gasteiger partial charge in [0, 0.05) is 55.3 Å². The molecule has 0 amide bonds. The van der Waals surface area contributed by atoms with Crippen molar-refractivity contribution in [2.45, 2.75) is 70.7 Å². The summed E-state index contributed by atoms with van der Waals surface area (Å²) in [5.74, 6) is 0.418. The Morgan fingerprint density at radius 2 is 1.91 bits per heavy atom. The number of fused-ring (bicyclic) bond motifs is 1. The SMILES string of the molecule is Cc1ccccc1C1=CC=CC(COc2cc(OCc3cncc(C#N)c3)c(CNC(C)(CO)C(=O)O)cc2Cl)(c2ccc3c(c2)CCC3N2CC(C)C2)C1C. The first kappa shape index (κ1) is 39.3. The lowest BCUT2D eigenvalue weighted by atomic mass is 9.64. The van der Waals surface area contributed by atoms with Crippen molar-refractivity contribution in [2.75, 3.05) is 26.3 Å². The molecule has 2 aliphatic carbocycles. The highest BCUT2D eigenvalue weighted by Gasteiger charge is 2.42. The lowest BCUT2D eigenvalue weighted by Crippen LogP contribution is -2.52. The van der Waals surface area contributed by atoms with Crippen LogP contribution in [0.15, 0.2) is 91.3 Å². The highest BCUT2D eigenvalue weighted by atomic mass is 35.5. The first-order valence-electron chi connectivity index (χ1n) is 19.3. The van der Waals surface area contributed by atoms with Crippen LogP contribution < -0.4 is 14.8 Å². The van der Waals surface area contributed by atoms with E-state index in [1.54, 1.807) is 24.4 Å². The van der Waals surface area contributed by atoms with E-state index in [1.807, 2.05) is 0 Å². The molecule has 10 heteroatoms. The van der Waals surface area contributed by atoms with Gasteiger partial charge in [-0.3, -0.25) is 20.0 Å². The molecule has 3 aromatic carbocycles. The van der Waals surface area contributed by atoms with Gasteiger partial charge in [-0.05, 0) is 84.0 Å². The fraction of sp³-hybridized carbons (Fsp3) is 0.370. The van der Waals surface area contributed by atoms with Gasteiger partial charge < -0.3 is 19.7 Å². The van der Waals surface area contributed by atoms with Crippen LogP contribution in [0, 0.1) is 30.1 Å². The van der Waals surface area contributed by atoms with Crippen LogP contribution in [0.5, 0.6) is 11.5 Å². The number of aliphatic hydroxyl groups excluding tert-OH is 1. The van der Waals surface area contributed by atoms with Crippen LogP contribution in [-0.2, 0) is 29.8 Å². The summed E-state index contributed by atoms with van der Waals surface area (Å²) in [4.78, 5) is 18.8. The predicted octanol–water partition coefficient (Wildman–Crippen LogP) is 7.96. The number of halogens is 1. The normalized spacial score (nSPS) is 21.7. The number of pyridine rings is 1. The van der Waals surface area contributed by atoms with Crippen molar-refractivity contribution in [2.24, 2.45) is 11.8 Å². The molecule has 1 aliphatic heterocycles. The number of hydrogen-bond acceptors (Lipinski definition) is 8. The number of aliphatic hydroxyl groups is 1. The van der Waals surface area contributed by atoms with E-state index in [1.165, 1.54) is 46.5 Å². The van der Waals surface area contributed by atoms with E-state index in [9.17, 15) is 20.3 Å². The summed E-state index contributed by atoms with van der Waals surface area (Å²) < 4.78 is 13.1. The van der Waals surface area contributed by atoms with E-state index in [-0.39, 0.29) is 25.7 Å². The average molecular weight is 773 g/mol. The molecule has 4 unspecified atom stereocenters. The molecule has 4 aromatic rings.